The van der Waals surface area contributed by atoms with E-state index in [1.54, 1.807) is 13.0 Å². The summed E-state index contributed by atoms with van der Waals surface area (Å²) in [5.41, 5.74) is 0.157. The number of hydrogen-bond donors (Lipinski definition) is 0. The number of hydrogen-bond acceptors (Lipinski definition) is 3. The molecule has 0 saturated heterocycles. The molecule has 3 nitrogen and oxygen atoms in total. The van der Waals surface area contributed by atoms with Gasteiger partial charge >= 0.3 is 5.63 Å². The van der Waals surface area contributed by atoms with Gasteiger partial charge in [0, 0.05) is 6.07 Å². The van der Waals surface area contributed by atoms with Crippen molar-refractivity contribution in [3.8, 4) is 5.75 Å². The van der Waals surface area contributed by atoms with Crippen LogP contribution in [-0.4, -0.2) is 7.11 Å². The van der Waals surface area contributed by atoms with Gasteiger partial charge in [0.25, 0.3) is 0 Å². The molecule has 0 spiro atoms. The normalized spacial score (nSPS) is 9.40. The van der Waals surface area contributed by atoms with Crippen LogP contribution in [0.5, 0.6) is 5.75 Å². The van der Waals surface area contributed by atoms with Gasteiger partial charge in [0.15, 0.2) is 0 Å². The first-order valence-corrected chi connectivity index (χ1v) is 2.88. The number of ether oxygens (including phenoxy) is 1. The van der Waals surface area contributed by atoms with Crippen LogP contribution in [0, 0.1) is 6.92 Å². The molecule has 0 amide bonds. The first-order chi connectivity index (χ1) is 4.75. The SMILES string of the molecule is COc1ccoc(=O)c1C. The molecule has 0 N–H and O–H groups in total. The fourth-order valence-corrected chi connectivity index (χ4v) is 0.693. The van der Waals surface area contributed by atoms with Gasteiger partial charge < -0.3 is 9.15 Å². The predicted octanol–water partition coefficient (Wildman–Crippen LogP) is 0.957. The average Bonchev–Trinajstić information content (AvgIpc) is 1.95. The standard InChI is InChI=1S/C7H8O3/c1-5-6(9-2)3-4-10-7(5)8/h3-4H,1-2H3. The molecule has 0 aromatic carbocycles. The van der Waals surface area contributed by atoms with Crippen molar-refractivity contribution in [3.05, 3.63) is 28.3 Å². The molecule has 0 atom stereocenters. The summed E-state index contributed by atoms with van der Waals surface area (Å²) >= 11 is 0. The summed E-state index contributed by atoms with van der Waals surface area (Å²) in [5.74, 6) is 0.566. The Bertz CT molecular complexity index is 274. The van der Waals surface area contributed by atoms with Crippen LogP contribution in [0.4, 0.5) is 0 Å². The van der Waals surface area contributed by atoms with E-state index in [-0.39, 0.29) is 5.63 Å². The maximum absolute atomic E-state index is 10.8. The Morgan fingerprint density at radius 1 is 1.60 bits per heavy atom. The number of rotatable bonds is 1. The zero-order chi connectivity index (χ0) is 7.56. The van der Waals surface area contributed by atoms with E-state index in [1.807, 2.05) is 0 Å². The second-order valence-electron chi connectivity index (χ2n) is 1.90. The highest BCUT2D eigenvalue weighted by atomic mass is 16.5. The molecule has 54 valence electrons. The van der Waals surface area contributed by atoms with Crippen molar-refractivity contribution in [2.24, 2.45) is 0 Å². The molecule has 0 bridgehead atoms. The molecule has 1 aromatic heterocycles. The third-order valence-corrected chi connectivity index (χ3v) is 1.29. The third-order valence-electron chi connectivity index (χ3n) is 1.29. The van der Waals surface area contributed by atoms with E-state index in [4.69, 9.17) is 4.74 Å². The minimum atomic E-state index is -0.348. The van der Waals surface area contributed by atoms with Crippen molar-refractivity contribution in [1.82, 2.24) is 0 Å². The van der Waals surface area contributed by atoms with Gasteiger partial charge in [-0.25, -0.2) is 4.79 Å². The van der Waals surface area contributed by atoms with Crippen molar-refractivity contribution in [3.63, 3.8) is 0 Å². The molecule has 0 saturated carbocycles. The molecule has 0 fully saturated rings. The molecule has 1 aromatic rings. The van der Waals surface area contributed by atoms with Crippen LogP contribution < -0.4 is 10.4 Å². The molecule has 0 aliphatic carbocycles. The molecule has 0 unspecified atom stereocenters. The van der Waals surface area contributed by atoms with Crippen molar-refractivity contribution in [2.75, 3.05) is 7.11 Å². The Kier molecular flexibility index (Phi) is 1.76. The van der Waals surface area contributed by atoms with E-state index >= 15 is 0 Å². The van der Waals surface area contributed by atoms with Crippen LogP contribution in [0.1, 0.15) is 5.56 Å². The fourth-order valence-electron chi connectivity index (χ4n) is 0.693. The van der Waals surface area contributed by atoms with E-state index in [9.17, 15) is 4.79 Å². The van der Waals surface area contributed by atoms with Gasteiger partial charge in [-0.1, -0.05) is 0 Å². The average molecular weight is 140 g/mol. The lowest BCUT2D eigenvalue weighted by molar-refractivity contribution is 0.397. The van der Waals surface area contributed by atoms with Crippen molar-refractivity contribution in [2.45, 2.75) is 6.92 Å². The van der Waals surface area contributed by atoms with Crippen LogP contribution in [-0.2, 0) is 0 Å². The molecule has 1 rings (SSSR count). The Morgan fingerprint density at radius 3 is 2.80 bits per heavy atom. The Labute approximate surface area is 58.2 Å². The largest absolute Gasteiger partial charge is 0.496 e. The van der Waals surface area contributed by atoms with Crippen LogP contribution in [0.25, 0.3) is 0 Å². The number of methoxy groups -OCH3 is 1. The monoisotopic (exact) mass is 140 g/mol. The molecule has 0 aliphatic rings. The molecule has 3 heteroatoms. The smallest absolute Gasteiger partial charge is 0.342 e. The van der Waals surface area contributed by atoms with Gasteiger partial charge in [0.05, 0.1) is 18.9 Å². The highest BCUT2D eigenvalue weighted by molar-refractivity contribution is 5.26. The summed E-state index contributed by atoms with van der Waals surface area (Å²) in [4.78, 5) is 10.8. The topological polar surface area (TPSA) is 39.4 Å². The highest BCUT2D eigenvalue weighted by Gasteiger charge is 2.00. The van der Waals surface area contributed by atoms with E-state index in [2.05, 4.69) is 4.42 Å². The minimum absolute atomic E-state index is 0.348. The first kappa shape index (κ1) is 6.86. The van der Waals surface area contributed by atoms with Crippen LogP contribution in [0.2, 0.25) is 0 Å². The van der Waals surface area contributed by atoms with Gasteiger partial charge in [0.2, 0.25) is 0 Å². The summed E-state index contributed by atoms with van der Waals surface area (Å²) in [6, 6.07) is 1.61. The molecular formula is C7H8O3. The molecule has 1 heterocycles. The Hall–Kier alpha value is -1.25. The zero-order valence-electron chi connectivity index (χ0n) is 5.88. The molecule has 10 heavy (non-hydrogen) atoms. The highest BCUT2D eigenvalue weighted by Crippen LogP contribution is 2.10. The Balaban J connectivity index is 3.28. The van der Waals surface area contributed by atoms with Gasteiger partial charge in [-0.2, -0.15) is 0 Å². The van der Waals surface area contributed by atoms with Gasteiger partial charge in [-0.3, -0.25) is 0 Å². The van der Waals surface area contributed by atoms with Gasteiger partial charge in [-0.05, 0) is 6.92 Å². The molecular weight excluding hydrogens is 132 g/mol. The maximum Gasteiger partial charge on any atom is 0.342 e. The van der Waals surface area contributed by atoms with E-state index in [0.29, 0.717) is 11.3 Å². The summed E-state index contributed by atoms with van der Waals surface area (Å²) in [6.07, 6.45) is 1.31. The molecule has 0 radical (unpaired) electrons. The van der Waals surface area contributed by atoms with Gasteiger partial charge in [0.1, 0.15) is 5.75 Å². The van der Waals surface area contributed by atoms with Crippen molar-refractivity contribution < 1.29 is 9.15 Å². The van der Waals surface area contributed by atoms with Gasteiger partial charge in [-0.15, -0.1) is 0 Å². The fraction of sp³-hybridized carbons (Fsp3) is 0.286. The lowest BCUT2D eigenvalue weighted by atomic mass is 10.3. The van der Waals surface area contributed by atoms with Crippen molar-refractivity contribution in [1.29, 1.82) is 0 Å². The van der Waals surface area contributed by atoms with Crippen LogP contribution in [0.15, 0.2) is 21.5 Å². The summed E-state index contributed by atoms with van der Waals surface area (Å²) in [6.45, 7) is 1.66. The Morgan fingerprint density at radius 2 is 2.30 bits per heavy atom. The molecule has 0 aliphatic heterocycles. The second-order valence-corrected chi connectivity index (χ2v) is 1.90. The second kappa shape index (κ2) is 2.56. The predicted molar refractivity (Wildman–Crippen MR) is 36.3 cm³/mol. The first-order valence-electron chi connectivity index (χ1n) is 2.88. The van der Waals surface area contributed by atoms with E-state index in [1.165, 1.54) is 13.4 Å². The summed E-state index contributed by atoms with van der Waals surface area (Å²) in [7, 11) is 1.52. The lowest BCUT2D eigenvalue weighted by Gasteiger charge is -1.98. The van der Waals surface area contributed by atoms with E-state index < -0.39 is 0 Å². The lowest BCUT2D eigenvalue weighted by Crippen LogP contribution is -2.03. The van der Waals surface area contributed by atoms with E-state index in [0.717, 1.165) is 0 Å². The van der Waals surface area contributed by atoms with Crippen LogP contribution in [0.3, 0.4) is 0 Å². The zero-order valence-corrected chi connectivity index (χ0v) is 5.88. The minimum Gasteiger partial charge on any atom is -0.496 e. The maximum atomic E-state index is 10.8. The summed E-state index contributed by atoms with van der Waals surface area (Å²) in [5, 5.41) is 0. The quantitative estimate of drug-likeness (QED) is 0.583. The van der Waals surface area contributed by atoms with Crippen LogP contribution >= 0.6 is 0 Å². The van der Waals surface area contributed by atoms with Crippen molar-refractivity contribution >= 4 is 0 Å². The summed E-state index contributed by atoms with van der Waals surface area (Å²) < 4.78 is 9.43. The third kappa shape index (κ3) is 1.03.